The normalized spacial score (nSPS) is 14.1. The molecule has 0 fully saturated rings. The molecule has 0 aliphatic heterocycles. The second-order valence-electron chi connectivity index (χ2n) is 5.78. The molecule has 24 heavy (non-hydrogen) atoms. The van der Waals surface area contributed by atoms with Gasteiger partial charge in [-0.3, -0.25) is 0 Å². The molecule has 0 heterocycles. The molecule has 2 nitrogen and oxygen atoms in total. The van der Waals surface area contributed by atoms with Gasteiger partial charge >= 0.3 is 0 Å². The Labute approximate surface area is 150 Å². The van der Waals surface area contributed by atoms with E-state index in [1.54, 1.807) is 6.92 Å². The first-order chi connectivity index (χ1) is 11.5. The van der Waals surface area contributed by atoms with Crippen LogP contribution in [0, 0.1) is 0 Å². The molecule has 0 spiro atoms. The Morgan fingerprint density at radius 2 is 1.21 bits per heavy atom. The summed E-state index contributed by atoms with van der Waals surface area (Å²) in [7, 11) is -3.35. The van der Waals surface area contributed by atoms with Crippen molar-refractivity contribution in [1.29, 1.82) is 0 Å². The SMILES string of the molecule is CC(O)(c1ccccc1Br)P(=O)(c1ccccc1)c1ccccc1. The number of aliphatic hydroxyl groups is 1. The van der Waals surface area contributed by atoms with Gasteiger partial charge in [0.25, 0.3) is 0 Å². The quantitative estimate of drug-likeness (QED) is 0.648. The van der Waals surface area contributed by atoms with Crippen molar-refractivity contribution < 1.29 is 9.67 Å². The fourth-order valence-electron chi connectivity index (χ4n) is 2.94. The zero-order chi connectivity index (χ0) is 17.2. The molecule has 3 aromatic carbocycles. The minimum Gasteiger partial charge on any atom is -0.377 e. The lowest BCUT2D eigenvalue weighted by Gasteiger charge is -2.35. The first kappa shape index (κ1) is 17.2. The highest BCUT2D eigenvalue weighted by Gasteiger charge is 2.47. The first-order valence-electron chi connectivity index (χ1n) is 7.66. The fourth-order valence-corrected chi connectivity index (χ4v) is 6.79. The van der Waals surface area contributed by atoms with Gasteiger partial charge in [-0.25, -0.2) is 0 Å². The second-order valence-corrected chi connectivity index (χ2v) is 9.76. The Kier molecular flexibility index (Phi) is 4.78. The summed E-state index contributed by atoms with van der Waals surface area (Å²) in [6, 6.07) is 25.8. The summed E-state index contributed by atoms with van der Waals surface area (Å²) in [5.41, 5.74) is 0.612. The van der Waals surface area contributed by atoms with Gasteiger partial charge in [-0.1, -0.05) is 94.8 Å². The largest absolute Gasteiger partial charge is 0.377 e. The zero-order valence-electron chi connectivity index (χ0n) is 13.3. The third kappa shape index (κ3) is 2.77. The molecule has 4 heteroatoms. The molecule has 1 unspecified atom stereocenters. The van der Waals surface area contributed by atoms with E-state index in [2.05, 4.69) is 15.9 Å². The van der Waals surface area contributed by atoms with E-state index in [4.69, 9.17) is 0 Å². The summed E-state index contributed by atoms with van der Waals surface area (Å²) in [5.74, 6) is 0. The van der Waals surface area contributed by atoms with E-state index in [1.807, 2.05) is 84.9 Å². The van der Waals surface area contributed by atoms with Crippen molar-refractivity contribution in [3.8, 4) is 0 Å². The summed E-state index contributed by atoms with van der Waals surface area (Å²) >= 11 is 3.49. The molecule has 0 saturated carbocycles. The van der Waals surface area contributed by atoms with Crippen molar-refractivity contribution in [2.45, 2.75) is 12.3 Å². The highest BCUT2D eigenvalue weighted by molar-refractivity contribution is 9.10. The lowest BCUT2D eigenvalue weighted by Crippen LogP contribution is -2.33. The summed E-state index contributed by atoms with van der Waals surface area (Å²) in [4.78, 5) is 0. The van der Waals surface area contributed by atoms with Gasteiger partial charge in [-0.15, -0.1) is 0 Å². The Balaban J connectivity index is 2.31. The van der Waals surface area contributed by atoms with E-state index < -0.39 is 12.5 Å². The Bertz CT molecular complexity index is 833. The minimum atomic E-state index is -3.35. The van der Waals surface area contributed by atoms with Crippen molar-refractivity contribution in [2.75, 3.05) is 0 Å². The van der Waals surface area contributed by atoms with Gasteiger partial charge in [0.15, 0.2) is 7.14 Å². The number of hydrogen-bond acceptors (Lipinski definition) is 2. The summed E-state index contributed by atoms with van der Waals surface area (Å²) in [6.45, 7) is 1.63. The van der Waals surface area contributed by atoms with E-state index in [1.165, 1.54) is 0 Å². The summed E-state index contributed by atoms with van der Waals surface area (Å²) in [5, 5.41) is 11.2. The Morgan fingerprint density at radius 3 is 1.67 bits per heavy atom. The van der Waals surface area contributed by atoms with E-state index in [-0.39, 0.29) is 0 Å². The molecule has 0 bridgehead atoms. The molecule has 3 rings (SSSR count). The standard InChI is InChI=1S/C20H18BrO2P/c1-20(22,18-14-8-9-15-19(18)21)24(23,16-10-4-2-5-11-16)17-12-6-3-7-13-17/h2-15,22H,1H3. The number of rotatable bonds is 4. The average molecular weight is 401 g/mol. The predicted molar refractivity (Wildman–Crippen MR) is 103 cm³/mol. The van der Waals surface area contributed by atoms with Crippen molar-refractivity contribution in [3.05, 3.63) is 95.0 Å². The third-order valence-corrected chi connectivity index (χ3v) is 8.45. The average Bonchev–Trinajstić information content (AvgIpc) is 2.62. The molecule has 0 amide bonds. The molecule has 3 aromatic rings. The highest BCUT2D eigenvalue weighted by atomic mass is 79.9. The lowest BCUT2D eigenvalue weighted by atomic mass is 10.1. The van der Waals surface area contributed by atoms with Gasteiger partial charge in [-0.05, 0) is 13.0 Å². The van der Waals surface area contributed by atoms with Gasteiger partial charge in [0.05, 0.1) is 0 Å². The topological polar surface area (TPSA) is 37.3 Å². The lowest BCUT2D eigenvalue weighted by molar-refractivity contribution is 0.145. The molecule has 122 valence electrons. The fraction of sp³-hybridized carbons (Fsp3) is 0.100. The molecule has 0 saturated heterocycles. The highest BCUT2D eigenvalue weighted by Crippen LogP contribution is 2.60. The maximum absolute atomic E-state index is 14.3. The van der Waals surface area contributed by atoms with Gasteiger partial charge < -0.3 is 9.67 Å². The van der Waals surface area contributed by atoms with Gasteiger partial charge in [0.1, 0.15) is 5.34 Å². The smallest absolute Gasteiger partial charge is 0.177 e. The van der Waals surface area contributed by atoms with Gasteiger partial charge in [0.2, 0.25) is 0 Å². The van der Waals surface area contributed by atoms with Crippen LogP contribution >= 0.6 is 23.1 Å². The predicted octanol–water partition coefficient (Wildman–Crippen LogP) is 4.63. The number of halogens is 1. The maximum atomic E-state index is 14.3. The van der Waals surface area contributed by atoms with Crippen LogP contribution in [-0.4, -0.2) is 5.11 Å². The molecular weight excluding hydrogens is 383 g/mol. The van der Waals surface area contributed by atoms with Gasteiger partial charge in [0, 0.05) is 20.6 Å². The molecule has 1 atom stereocenters. The Morgan fingerprint density at radius 1 is 0.792 bits per heavy atom. The summed E-state index contributed by atoms with van der Waals surface area (Å²) < 4.78 is 15.1. The van der Waals surface area contributed by atoms with Crippen LogP contribution < -0.4 is 10.6 Å². The number of hydrogen-bond donors (Lipinski definition) is 1. The molecule has 0 radical (unpaired) electrons. The van der Waals surface area contributed by atoms with Crippen LogP contribution in [0.25, 0.3) is 0 Å². The zero-order valence-corrected chi connectivity index (χ0v) is 15.7. The maximum Gasteiger partial charge on any atom is 0.177 e. The van der Waals surface area contributed by atoms with Crippen molar-refractivity contribution in [3.63, 3.8) is 0 Å². The summed E-state index contributed by atoms with van der Waals surface area (Å²) in [6.07, 6.45) is 0. The number of benzene rings is 3. The van der Waals surface area contributed by atoms with Crippen LogP contribution in [0.15, 0.2) is 89.4 Å². The van der Waals surface area contributed by atoms with Crippen molar-refractivity contribution >= 4 is 33.7 Å². The van der Waals surface area contributed by atoms with Crippen molar-refractivity contribution in [2.24, 2.45) is 0 Å². The van der Waals surface area contributed by atoms with Crippen LogP contribution in [0.2, 0.25) is 0 Å². The van der Waals surface area contributed by atoms with Crippen LogP contribution in [0.1, 0.15) is 12.5 Å². The minimum absolute atomic E-state index is 0.612. The monoisotopic (exact) mass is 400 g/mol. The van der Waals surface area contributed by atoms with Gasteiger partial charge in [-0.2, -0.15) is 0 Å². The van der Waals surface area contributed by atoms with Crippen LogP contribution in [-0.2, 0) is 9.91 Å². The molecular formula is C20H18BrO2P. The molecule has 1 N–H and O–H groups in total. The van der Waals surface area contributed by atoms with E-state index in [9.17, 15) is 9.67 Å². The van der Waals surface area contributed by atoms with Crippen molar-refractivity contribution in [1.82, 2.24) is 0 Å². The Hall–Kier alpha value is -1.67. The molecule has 0 aliphatic rings. The second kappa shape index (κ2) is 6.68. The first-order valence-corrected chi connectivity index (χ1v) is 10.2. The van der Waals surface area contributed by atoms with Crippen LogP contribution in [0.3, 0.4) is 0 Å². The van der Waals surface area contributed by atoms with E-state index in [0.717, 1.165) is 4.47 Å². The third-order valence-electron chi connectivity index (χ3n) is 4.24. The molecule has 0 aliphatic carbocycles. The van der Waals surface area contributed by atoms with E-state index >= 15 is 0 Å². The van der Waals surface area contributed by atoms with E-state index in [0.29, 0.717) is 16.2 Å². The van der Waals surface area contributed by atoms with Crippen LogP contribution in [0.4, 0.5) is 0 Å². The molecule has 0 aromatic heterocycles. The van der Waals surface area contributed by atoms with Crippen LogP contribution in [0.5, 0.6) is 0 Å².